The highest BCUT2D eigenvalue weighted by molar-refractivity contribution is 5.39. The molecule has 2 rings (SSSR count). The lowest BCUT2D eigenvalue weighted by Gasteiger charge is -2.20. The molecule has 1 nitrogen and oxygen atoms in total. The predicted molar refractivity (Wildman–Crippen MR) is 73.2 cm³/mol. The van der Waals surface area contributed by atoms with Gasteiger partial charge in [-0.25, -0.2) is 8.78 Å². The van der Waals surface area contributed by atoms with Gasteiger partial charge in [-0.15, -0.1) is 0 Å². The minimum atomic E-state index is -0.820. The topological polar surface area (TPSA) is 12.0 Å². The Kier molecular flexibility index (Phi) is 3.96. The van der Waals surface area contributed by atoms with Crippen molar-refractivity contribution in [1.29, 1.82) is 0 Å². The van der Waals surface area contributed by atoms with Gasteiger partial charge in [0.2, 0.25) is 0 Å². The van der Waals surface area contributed by atoms with Crippen molar-refractivity contribution in [2.45, 2.75) is 19.9 Å². The quantitative estimate of drug-likeness (QED) is 0.883. The Hall–Kier alpha value is -1.74. The molecule has 100 valence electrons. The summed E-state index contributed by atoms with van der Waals surface area (Å²) in [5.41, 5.74) is 4.06. The van der Waals surface area contributed by atoms with Gasteiger partial charge in [-0.2, -0.15) is 0 Å². The third kappa shape index (κ3) is 2.82. The molecule has 0 saturated heterocycles. The van der Waals surface area contributed by atoms with Gasteiger partial charge in [-0.05, 0) is 49.7 Å². The predicted octanol–water partition coefficient (Wildman–Crippen LogP) is 3.89. The molecule has 1 atom stereocenters. The summed E-state index contributed by atoms with van der Waals surface area (Å²) in [4.78, 5) is 0. The van der Waals surface area contributed by atoms with Crippen molar-refractivity contribution in [2.24, 2.45) is 0 Å². The summed E-state index contributed by atoms with van der Waals surface area (Å²) in [5, 5.41) is 3.16. The highest BCUT2D eigenvalue weighted by Crippen LogP contribution is 2.26. The van der Waals surface area contributed by atoms with E-state index in [1.54, 1.807) is 6.07 Å². The van der Waals surface area contributed by atoms with Crippen LogP contribution in [-0.2, 0) is 0 Å². The fraction of sp³-hybridized carbons (Fsp3) is 0.250. The monoisotopic (exact) mass is 261 g/mol. The van der Waals surface area contributed by atoms with Crippen LogP contribution >= 0.6 is 0 Å². The molecule has 0 amide bonds. The first kappa shape index (κ1) is 13.7. The van der Waals surface area contributed by atoms with Crippen LogP contribution in [0.25, 0.3) is 0 Å². The van der Waals surface area contributed by atoms with Crippen LogP contribution in [0.1, 0.15) is 28.3 Å². The maximum atomic E-state index is 13.4. The second-order valence-electron chi connectivity index (χ2n) is 4.76. The van der Waals surface area contributed by atoms with E-state index in [2.05, 4.69) is 11.4 Å². The maximum Gasteiger partial charge on any atom is 0.159 e. The van der Waals surface area contributed by atoms with Crippen molar-refractivity contribution >= 4 is 0 Å². The van der Waals surface area contributed by atoms with E-state index >= 15 is 0 Å². The van der Waals surface area contributed by atoms with Crippen LogP contribution in [-0.4, -0.2) is 7.05 Å². The van der Waals surface area contributed by atoms with Gasteiger partial charge in [0, 0.05) is 0 Å². The van der Waals surface area contributed by atoms with Crippen molar-refractivity contribution in [3.8, 4) is 0 Å². The summed E-state index contributed by atoms with van der Waals surface area (Å²) >= 11 is 0. The molecule has 0 aliphatic rings. The zero-order chi connectivity index (χ0) is 14.0. The second-order valence-corrected chi connectivity index (χ2v) is 4.76. The second kappa shape index (κ2) is 5.49. The Morgan fingerprint density at radius 2 is 1.68 bits per heavy atom. The molecule has 2 aromatic carbocycles. The van der Waals surface area contributed by atoms with Crippen LogP contribution in [0.15, 0.2) is 36.4 Å². The molecule has 0 heterocycles. The van der Waals surface area contributed by atoms with E-state index in [1.165, 1.54) is 12.1 Å². The molecule has 2 aromatic rings. The molecule has 0 aromatic heterocycles. The average molecular weight is 261 g/mol. The minimum Gasteiger partial charge on any atom is -0.309 e. The molecule has 0 spiro atoms. The number of benzene rings is 2. The lowest BCUT2D eigenvalue weighted by molar-refractivity contribution is 0.505. The van der Waals surface area contributed by atoms with Crippen molar-refractivity contribution in [1.82, 2.24) is 5.32 Å². The van der Waals surface area contributed by atoms with Gasteiger partial charge in [0.05, 0.1) is 6.04 Å². The molecular weight excluding hydrogens is 244 g/mol. The molecule has 0 saturated carbocycles. The highest BCUT2D eigenvalue weighted by atomic mass is 19.2. The molecule has 1 N–H and O–H groups in total. The highest BCUT2D eigenvalue weighted by Gasteiger charge is 2.16. The largest absolute Gasteiger partial charge is 0.309 e. The summed E-state index contributed by atoms with van der Waals surface area (Å²) in [6.45, 7) is 4.03. The Balaban J connectivity index is 2.49. The first-order valence-corrected chi connectivity index (χ1v) is 6.22. The molecule has 0 aliphatic heterocycles. The number of hydrogen-bond acceptors (Lipinski definition) is 1. The van der Waals surface area contributed by atoms with Gasteiger partial charge >= 0.3 is 0 Å². The number of nitrogens with one attached hydrogen (secondary N) is 1. The molecule has 0 aliphatic carbocycles. The van der Waals surface area contributed by atoms with E-state index in [0.717, 1.165) is 22.3 Å². The van der Waals surface area contributed by atoms with E-state index in [0.29, 0.717) is 0 Å². The lowest BCUT2D eigenvalue weighted by atomic mass is 9.93. The zero-order valence-corrected chi connectivity index (χ0v) is 11.3. The maximum absolute atomic E-state index is 13.4. The first-order valence-electron chi connectivity index (χ1n) is 6.22. The summed E-state index contributed by atoms with van der Waals surface area (Å²) in [6.07, 6.45) is 0. The van der Waals surface area contributed by atoms with Gasteiger partial charge in [0.1, 0.15) is 0 Å². The normalized spacial score (nSPS) is 12.5. The van der Waals surface area contributed by atoms with Crippen LogP contribution in [0, 0.1) is 25.5 Å². The Morgan fingerprint density at radius 3 is 2.32 bits per heavy atom. The van der Waals surface area contributed by atoms with E-state index in [-0.39, 0.29) is 6.04 Å². The number of aryl methyl sites for hydroxylation is 2. The standard InChI is InChI=1S/C16H17F2N/c1-10-4-5-11(2)13(8-10)16(19-3)12-6-7-14(17)15(18)9-12/h4-9,16,19H,1-3H3. The molecule has 1 unspecified atom stereocenters. The zero-order valence-electron chi connectivity index (χ0n) is 11.3. The molecule has 3 heteroatoms. The van der Waals surface area contributed by atoms with Crippen LogP contribution < -0.4 is 5.32 Å². The van der Waals surface area contributed by atoms with Crippen LogP contribution in [0.5, 0.6) is 0 Å². The van der Waals surface area contributed by atoms with Crippen LogP contribution in [0.4, 0.5) is 8.78 Å². The van der Waals surface area contributed by atoms with E-state index in [9.17, 15) is 8.78 Å². The van der Waals surface area contributed by atoms with Crippen molar-refractivity contribution in [3.63, 3.8) is 0 Å². The van der Waals surface area contributed by atoms with Gasteiger partial charge in [0.15, 0.2) is 11.6 Å². The smallest absolute Gasteiger partial charge is 0.159 e. The molecule has 19 heavy (non-hydrogen) atoms. The number of halogens is 2. The summed E-state index contributed by atoms with van der Waals surface area (Å²) in [7, 11) is 1.81. The van der Waals surface area contributed by atoms with Crippen LogP contribution in [0.3, 0.4) is 0 Å². The van der Waals surface area contributed by atoms with Crippen molar-refractivity contribution in [2.75, 3.05) is 7.05 Å². The Labute approximate surface area is 112 Å². The lowest BCUT2D eigenvalue weighted by Crippen LogP contribution is -2.19. The molecule has 0 bridgehead atoms. The third-order valence-electron chi connectivity index (χ3n) is 3.31. The summed E-state index contributed by atoms with van der Waals surface area (Å²) < 4.78 is 26.4. The van der Waals surface area contributed by atoms with Crippen molar-refractivity contribution in [3.05, 3.63) is 70.3 Å². The SMILES string of the molecule is CNC(c1ccc(F)c(F)c1)c1cc(C)ccc1C. The average Bonchev–Trinajstić information content (AvgIpc) is 2.38. The van der Waals surface area contributed by atoms with Gasteiger partial charge < -0.3 is 5.32 Å². The Morgan fingerprint density at radius 1 is 0.947 bits per heavy atom. The summed E-state index contributed by atoms with van der Waals surface area (Å²) in [6, 6.07) is 10.0. The van der Waals surface area contributed by atoms with Crippen molar-refractivity contribution < 1.29 is 8.78 Å². The third-order valence-corrected chi connectivity index (χ3v) is 3.31. The van der Waals surface area contributed by atoms with Gasteiger partial charge in [-0.3, -0.25) is 0 Å². The van der Waals surface area contributed by atoms with E-state index in [1.807, 2.05) is 33.0 Å². The van der Waals surface area contributed by atoms with E-state index in [4.69, 9.17) is 0 Å². The van der Waals surface area contributed by atoms with E-state index < -0.39 is 11.6 Å². The number of hydrogen-bond donors (Lipinski definition) is 1. The first-order chi connectivity index (χ1) is 9.02. The van der Waals surface area contributed by atoms with Gasteiger partial charge in [-0.1, -0.05) is 29.8 Å². The van der Waals surface area contributed by atoms with Gasteiger partial charge in [0.25, 0.3) is 0 Å². The fourth-order valence-corrected chi connectivity index (χ4v) is 2.26. The molecule has 0 radical (unpaired) electrons. The molecule has 0 fully saturated rings. The number of rotatable bonds is 3. The minimum absolute atomic E-state index is 0.144. The Bertz CT molecular complexity index is 593. The summed E-state index contributed by atoms with van der Waals surface area (Å²) in [5.74, 6) is -1.64. The molecular formula is C16H17F2N. The fourth-order valence-electron chi connectivity index (χ4n) is 2.26. The van der Waals surface area contributed by atoms with Crippen LogP contribution in [0.2, 0.25) is 0 Å².